The molecule has 0 aliphatic rings. The number of anilines is 1. The van der Waals surface area contributed by atoms with Crippen molar-refractivity contribution < 1.29 is 9.53 Å². The highest BCUT2D eigenvalue weighted by Crippen LogP contribution is 2.22. The number of benzene rings is 1. The van der Waals surface area contributed by atoms with E-state index in [9.17, 15) is 4.79 Å². The van der Waals surface area contributed by atoms with Gasteiger partial charge < -0.3 is 16.2 Å². The van der Waals surface area contributed by atoms with Crippen LogP contribution in [0.1, 0.15) is 17.4 Å². The molecule has 6 nitrogen and oxygen atoms in total. The van der Waals surface area contributed by atoms with E-state index in [-0.39, 0.29) is 11.6 Å². The molecule has 1 aromatic heterocycles. The van der Waals surface area contributed by atoms with Crippen molar-refractivity contribution in [3.63, 3.8) is 0 Å². The summed E-state index contributed by atoms with van der Waals surface area (Å²) in [6.07, 6.45) is 0. The van der Waals surface area contributed by atoms with E-state index in [1.165, 1.54) is 6.07 Å². The summed E-state index contributed by atoms with van der Waals surface area (Å²) in [5.74, 6) is 0.0783. The monoisotopic (exact) mass is 284 g/mol. The van der Waals surface area contributed by atoms with Crippen molar-refractivity contribution >= 4 is 11.9 Å². The lowest BCUT2D eigenvalue weighted by Crippen LogP contribution is -2.15. The van der Waals surface area contributed by atoms with Crippen molar-refractivity contribution in [1.82, 2.24) is 9.97 Å². The SMILES string of the molecule is C=C(C)COc1ccc(-c2cc(C(N)=O)nc(N)n2)cc1. The van der Waals surface area contributed by atoms with Crippen LogP contribution in [0, 0.1) is 0 Å². The highest BCUT2D eigenvalue weighted by atomic mass is 16.5. The lowest BCUT2D eigenvalue weighted by molar-refractivity contribution is 0.0995. The van der Waals surface area contributed by atoms with Gasteiger partial charge in [-0.25, -0.2) is 9.97 Å². The number of carbonyl (C=O) groups excluding carboxylic acids is 1. The number of carbonyl (C=O) groups is 1. The summed E-state index contributed by atoms with van der Waals surface area (Å²) in [6, 6.07) is 8.75. The molecule has 0 atom stereocenters. The van der Waals surface area contributed by atoms with Gasteiger partial charge in [-0.05, 0) is 42.8 Å². The van der Waals surface area contributed by atoms with E-state index in [1.807, 2.05) is 19.1 Å². The summed E-state index contributed by atoms with van der Waals surface area (Å²) < 4.78 is 5.51. The Morgan fingerprint density at radius 1 is 1.29 bits per heavy atom. The van der Waals surface area contributed by atoms with Gasteiger partial charge in [0, 0.05) is 5.56 Å². The first-order valence-electron chi connectivity index (χ1n) is 6.27. The van der Waals surface area contributed by atoms with Gasteiger partial charge in [0.25, 0.3) is 5.91 Å². The highest BCUT2D eigenvalue weighted by molar-refractivity contribution is 5.92. The predicted molar refractivity (Wildman–Crippen MR) is 80.7 cm³/mol. The van der Waals surface area contributed by atoms with E-state index >= 15 is 0 Å². The molecule has 0 bridgehead atoms. The standard InChI is InChI=1S/C15H16N4O2/c1-9(2)8-21-11-5-3-10(4-6-11)12-7-13(14(16)20)19-15(17)18-12/h3-7H,1,8H2,2H3,(H2,16,20)(H2,17,18,19). The molecule has 1 amide bonds. The second kappa shape index (κ2) is 6.04. The summed E-state index contributed by atoms with van der Waals surface area (Å²) in [5.41, 5.74) is 13.1. The smallest absolute Gasteiger partial charge is 0.267 e. The second-order valence-corrected chi connectivity index (χ2v) is 4.63. The van der Waals surface area contributed by atoms with E-state index < -0.39 is 5.91 Å². The van der Waals surface area contributed by atoms with Crippen LogP contribution in [0.25, 0.3) is 11.3 Å². The number of hydrogen-bond donors (Lipinski definition) is 2. The fourth-order valence-electron chi connectivity index (χ4n) is 1.67. The van der Waals surface area contributed by atoms with E-state index in [0.717, 1.165) is 16.9 Å². The second-order valence-electron chi connectivity index (χ2n) is 4.63. The first kappa shape index (κ1) is 14.5. The Balaban J connectivity index is 2.26. The lowest BCUT2D eigenvalue weighted by atomic mass is 10.1. The number of rotatable bonds is 5. The van der Waals surface area contributed by atoms with Crippen LogP contribution < -0.4 is 16.2 Å². The fraction of sp³-hybridized carbons (Fsp3) is 0.133. The Hall–Kier alpha value is -2.89. The molecule has 0 saturated heterocycles. The van der Waals surface area contributed by atoms with Crippen LogP contribution in [-0.2, 0) is 0 Å². The Kier molecular flexibility index (Phi) is 4.18. The number of amides is 1. The van der Waals surface area contributed by atoms with Crippen LogP contribution in [-0.4, -0.2) is 22.5 Å². The third-order valence-electron chi connectivity index (χ3n) is 2.63. The van der Waals surface area contributed by atoms with Gasteiger partial charge in [0.1, 0.15) is 18.1 Å². The zero-order valence-electron chi connectivity index (χ0n) is 11.7. The summed E-state index contributed by atoms with van der Waals surface area (Å²) in [5, 5.41) is 0. The molecule has 0 radical (unpaired) electrons. The van der Waals surface area contributed by atoms with Gasteiger partial charge in [-0.1, -0.05) is 6.58 Å². The van der Waals surface area contributed by atoms with Gasteiger partial charge in [0.05, 0.1) is 5.69 Å². The molecule has 0 unspecified atom stereocenters. The Morgan fingerprint density at radius 3 is 2.52 bits per heavy atom. The summed E-state index contributed by atoms with van der Waals surface area (Å²) in [4.78, 5) is 19.1. The van der Waals surface area contributed by atoms with Crippen LogP contribution >= 0.6 is 0 Å². The minimum absolute atomic E-state index is 0.00362. The van der Waals surface area contributed by atoms with Gasteiger partial charge in [0.15, 0.2) is 0 Å². The molecule has 21 heavy (non-hydrogen) atoms. The quantitative estimate of drug-likeness (QED) is 0.814. The van der Waals surface area contributed by atoms with E-state index in [4.69, 9.17) is 16.2 Å². The molecule has 2 aromatic rings. The van der Waals surface area contributed by atoms with E-state index in [2.05, 4.69) is 16.5 Å². The number of aromatic nitrogens is 2. The van der Waals surface area contributed by atoms with Gasteiger partial charge >= 0.3 is 0 Å². The third kappa shape index (κ3) is 3.79. The molecule has 2 rings (SSSR count). The molecule has 4 N–H and O–H groups in total. The highest BCUT2D eigenvalue weighted by Gasteiger charge is 2.09. The zero-order chi connectivity index (χ0) is 15.4. The molecule has 1 aromatic carbocycles. The molecule has 6 heteroatoms. The third-order valence-corrected chi connectivity index (χ3v) is 2.63. The molecule has 0 fully saturated rings. The summed E-state index contributed by atoms with van der Waals surface area (Å²) in [7, 11) is 0. The van der Waals surface area contributed by atoms with Crippen molar-refractivity contribution in [2.75, 3.05) is 12.3 Å². The average Bonchev–Trinajstić information content (AvgIpc) is 2.45. The first-order valence-corrected chi connectivity index (χ1v) is 6.27. The van der Waals surface area contributed by atoms with E-state index in [1.54, 1.807) is 12.1 Å². The average molecular weight is 284 g/mol. The van der Waals surface area contributed by atoms with E-state index in [0.29, 0.717) is 12.3 Å². The van der Waals surface area contributed by atoms with Crippen LogP contribution in [0.2, 0.25) is 0 Å². The van der Waals surface area contributed by atoms with Gasteiger partial charge in [-0.2, -0.15) is 0 Å². The Morgan fingerprint density at radius 2 is 1.95 bits per heavy atom. The molecule has 0 spiro atoms. The Bertz CT molecular complexity index is 681. The predicted octanol–water partition coefficient (Wildman–Crippen LogP) is 1.78. The molecular weight excluding hydrogens is 268 g/mol. The number of primary amides is 1. The minimum Gasteiger partial charge on any atom is -0.489 e. The van der Waals surface area contributed by atoms with Crippen molar-refractivity contribution in [3.05, 3.63) is 48.2 Å². The number of hydrogen-bond acceptors (Lipinski definition) is 5. The molecular formula is C15H16N4O2. The van der Waals surface area contributed by atoms with Crippen molar-refractivity contribution in [1.29, 1.82) is 0 Å². The van der Waals surface area contributed by atoms with Gasteiger partial charge in [-0.3, -0.25) is 4.79 Å². The van der Waals surface area contributed by atoms with Crippen LogP contribution in [0.4, 0.5) is 5.95 Å². The largest absolute Gasteiger partial charge is 0.489 e. The molecule has 1 heterocycles. The fourth-order valence-corrected chi connectivity index (χ4v) is 1.67. The number of nitrogen functional groups attached to an aromatic ring is 1. The zero-order valence-corrected chi connectivity index (χ0v) is 11.7. The molecule has 0 aliphatic heterocycles. The van der Waals surface area contributed by atoms with Gasteiger partial charge in [-0.15, -0.1) is 0 Å². The normalized spacial score (nSPS) is 10.1. The van der Waals surface area contributed by atoms with Crippen molar-refractivity contribution in [2.45, 2.75) is 6.92 Å². The minimum atomic E-state index is -0.647. The first-order chi connectivity index (χ1) is 9.95. The summed E-state index contributed by atoms with van der Waals surface area (Å²) in [6.45, 7) is 6.13. The van der Waals surface area contributed by atoms with Gasteiger partial charge in [0.2, 0.25) is 5.95 Å². The lowest BCUT2D eigenvalue weighted by Gasteiger charge is -2.07. The number of nitrogens with two attached hydrogens (primary N) is 2. The Labute approximate surface area is 122 Å². The number of nitrogens with zero attached hydrogens (tertiary/aromatic N) is 2. The van der Waals surface area contributed by atoms with Crippen molar-refractivity contribution in [2.24, 2.45) is 5.73 Å². The topological polar surface area (TPSA) is 104 Å². The summed E-state index contributed by atoms with van der Waals surface area (Å²) >= 11 is 0. The van der Waals surface area contributed by atoms with Crippen molar-refractivity contribution in [3.8, 4) is 17.0 Å². The maximum absolute atomic E-state index is 11.2. The molecule has 0 saturated carbocycles. The molecule has 108 valence electrons. The van der Waals surface area contributed by atoms with Crippen LogP contribution in [0.3, 0.4) is 0 Å². The maximum Gasteiger partial charge on any atom is 0.267 e. The van der Waals surface area contributed by atoms with Crippen LogP contribution in [0.15, 0.2) is 42.5 Å². The molecule has 0 aliphatic carbocycles. The maximum atomic E-state index is 11.2. The number of ether oxygens (including phenoxy) is 1. The van der Waals surface area contributed by atoms with Crippen LogP contribution in [0.5, 0.6) is 5.75 Å².